The second-order valence-corrected chi connectivity index (χ2v) is 6.18. The molecule has 0 bridgehead atoms. The van der Waals surface area contributed by atoms with Crippen molar-refractivity contribution in [2.45, 2.75) is 60.4 Å². The normalized spacial score (nSPS) is 18.7. The minimum absolute atomic E-state index is 0.0912. The van der Waals surface area contributed by atoms with Gasteiger partial charge in [-0.3, -0.25) is 9.69 Å². The predicted molar refractivity (Wildman–Crippen MR) is 101 cm³/mol. The van der Waals surface area contributed by atoms with E-state index in [4.69, 9.17) is 0 Å². The first-order valence-corrected chi connectivity index (χ1v) is 9.65. The minimum Gasteiger partial charge on any atom is -0.337 e. The largest absolute Gasteiger partial charge is 0.337 e. The molecular weight excluding hydrogens is 298 g/mol. The molecule has 1 unspecified atom stereocenters. The SMILES string of the molecule is CC.CC.CC1CN(C(C)c2cccc(C(=O)N3CCCC3)n2)C1. The Hall–Kier alpha value is -1.42. The lowest BCUT2D eigenvalue weighted by atomic mass is 9.99. The highest BCUT2D eigenvalue weighted by molar-refractivity contribution is 5.92. The smallest absolute Gasteiger partial charge is 0.272 e. The van der Waals surface area contributed by atoms with Crippen LogP contribution in [0.4, 0.5) is 0 Å². The maximum atomic E-state index is 12.4. The van der Waals surface area contributed by atoms with Gasteiger partial charge in [0.05, 0.1) is 5.69 Å². The van der Waals surface area contributed by atoms with Crippen molar-refractivity contribution in [1.29, 1.82) is 0 Å². The van der Waals surface area contributed by atoms with Crippen LogP contribution in [-0.4, -0.2) is 46.9 Å². The van der Waals surface area contributed by atoms with Crippen molar-refractivity contribution in [1.82, 2.24) is 14.8 Å². The fourth-order valence-corrected chi connectivity index (χ4v) is 3.14. The number of carbonyl (C=O) groups is 1. The molecule has 1 amide bonds. The molecule has 136 valence electrons. The lowest BCUT2D eigenvalue weighted by Gasteiger charge is -2.41. The van der Waals surface area contributed by atoms with Crippen LogP contribution in [0.1, 0.15) is 76.6 Å². The van der Waals surface area contributed by atoms with E-state index >= 15 is 0 Å². The van der Waals surface area contributed by atoms with Gasteiger partial charge < -0.3 is 4.90 Å². The molecule has 4 heteroatoms. The molecule has 2 fully saturated rings. The van der Waals surface area contributed by atoms with E-state index in [1.54, 1.807) is 0 Å². The molecule has 2 aliphatic rings. The number of rotatable bonds is 3. The Bertz CT molecular complexity index is 491. The van der Waals surface area contributed by atoms with Gasteiger partial charge in [0, 0.05) is 32.2 Å². The van der Waals surface area contributed by atoms with Crippen molar-refractivity contribution in [2.24, 2.45) is 5.92 Å². The number of amides is 1. The topological polar surface area (TPSA) is 36.4 Å². The van der Waals surface area contributed by atoms with E-state index in [9.17, 15) is 4.79 Å². The van der Waals surface area contributed by atoms with E-state index in [1.807, 2.05) is 50.8 Å². The zero-order valence-electron chi connectivity index (χ0n) is 16.4. The summed E-state index contributed by atoms with van der Waals surface area (Å²) in [7, 11) is 0. The molecule has 0 aromatic carbocycles. The Morgan fingerprint density at radius 2 is 1.71 bits per heavy atom. The van der Waals surface area contributed by atoms with Crippen LogP contribution < -0.4 is 0 Å². The number of carbonyl (C=O) groups excluding carboxylic acids is 1. The lowest BCUT2D eigenvalue weighted by Crippen LogP contribution is -2.46. The first-order chi connectivity index (χ1) is 11.6. The third kappa shape index (κ3) is 5.04. The van der Waals surface area contributed by atoms with Crippen LogP contribution >= 0.6 is 0 Å². The number of likely N-dealkylation sites (tertiary alicyclic amines) is 2. The van der Waals surface area contributed by atoms with Crippen LogP contribution in [0.15, 0.2) is 18.2 Å². The van der Waals surface area contributed by atoms with Gasteiger partial charge in [-0.25, -0.2) is 4.98 Å². The van der Waals surface area contributed by atoms with Crippen molar-refractivity contribution in [3.63, 3.8) is 0 Å². The minimum atomic E-state index is 0.0912. The number of hydrogen-bond acceptors (Lipinski definition) is 3. The molecule has 0 saturated carbocycles. The van der Waals surface area contributed by atoms with Gasteiger partial charge in [0.25, 0.3) is 5.91 Å². The van der Waals surface area contributed by atoms with Crippen LogP contribution in [0.25, 0.3) is 0 Å². The second-order valence-electron chi connectivity index (χ2n) is 6.18. The van der Waals surface area contributed by atoms with E-state index in [-0.39, 0.29) is 5.91 Å². The van der Waals surface area contributed by atoms with Gasteiger partial charge >= 0.3 is 0 Å². The molecule has 24 heavy (non-hydrogen) atoms. The molecule has 3 heterocycles. The Morgan fingerprint density at radius 3 is 2.25 bits per heavy atom. The molecule has 2 aliphatic heterocycles. The summed E-state index contributed by atoms with van der Waals surface area (Å²) in [5.41, 5.74) is 1.62. The second kappa shape index (κ2) is 10.4. The van der Waals surface area contributed by atoms with Crippen molar-refractivity contribution in [3.8, 4) is 0 Å². The fourth-order valence-electron chi connectivity index (χ4n) is 3.14. The molecule has 0 N–H and O–H groups in total. The van der Waals surface area contributed by atoms with Gasteiger partial charge in [-0.2, -0.15) is 0 Å². The number of aromatic nitrogens is 1. The highest BCUT2D eigenvalue weighted by atomic mass is 16.2. The quantitative estimate of drug-likeness (QED) is 0.823. The van der Waals surface area contributed by atoms with Crippen molar-refractivity contribution < 1.29 is 4.79 Å². The summed E-state index contributed by atoms with van der Waals surface area (Å²) in [4.78, 5) is 21.3. The zero-order chi connectivity index (χ0) is 18.1. The Kier molecular flexibility index (Phi) is 8.98. The Labute approximate surface area is 148 Å². The van der Waals surface area contributed by atoms with Crippen molar-refractivity contribution >= 4 is 5.91 Å². The lowest BCUT2D eigenvalue weighted by molar-refractivity contribution is 0.0677. The number of nitrogens with zero attached hydrogens (tertiary/aromatic N) is 3. The van der Waals surface area contributed by atoms with Gasteiger partial charge in [0.15, 0.2) is 0 Å². The molecule has 1 aromatic heterocycles. The Morgan fingerprint density at radius 1 is 1.12 bits per heavy atom. The molecule has 4 nitrogen and oxygen atoms in total. The number of pyridine rings is 1. The summed E-state index contributed by atoms with van der Waals surface area (Å²) in [6, 6.07) is 6.15. The molecule has 1 atom stereocenters. The van der Waals surface area contributed by atoms with Crippen LogP contribution in [0, 0.1) is 5.92 Å². The van der Waals surface area contributed by atoms with Crippen molar-refractivity contribution in [2.75, 3.05) is 26.2 Å². The van der Waals surface area contributed by atoms with E-state index in [0.29, 0.717) is 11.7 Å². The van der Waals surface area contributed by atoms with Gasteiger partial charge in [0.1, 0.15) is 5.69 Å². The Balaban J connectivity index is 0.000000671. The highest BCUT2D eigenvalue weighted by Crippen LogP contribution is 2.27. The van der Waals surface area contributed by atoms with Crippen LogP contribution in [-0.2, 0) is 0 Å². The van der Waals surface area contributed by atoms with Gasteiger partial charge in [0.2, 0.25) is 0 Å². The van der Waals surface area contributed by atoms with Gasteiger partial charge in [-0.15, -0.1) is 0 Å². The van der Waals surface area contributed by atoms with Gasteiger partial charge in [-0.05, 0) is 37.8 Å². The first kappa shape index (κ1) is 20.6. The summed E-state index contributed by atoms with van der Waals surface area (Å²) in [6.07, 6.45) is 2.24. The third-order valence-corrected chi connectivity index (χ3v) is 4.45. The number of hydrogen-bond donors (Lipinski definition) is 0. The molecule has 3 rings (SSSR count). The van der Waals surface area contributed by atoms with Crippen LogP contribution in [0.5, 0.6) is 0 Å². The monoisotopic (exact) mass is 333 g/mol. The first-order valence-electron chi connectivity index (χ1n) is 9.65. The van der Waals surface area contributed by atoms with Gasteiger partial charge in [-0.1, -0.05) is 40.7 Å². The van der Waals surface area contributed by atoms with Crippen LogP contribution in [0.2, 0.25) is 0 Å². The summed E-state index contributed by atoms with van der Waals surface area (Å²) in [6.45, 7) is 16.5. The summed E-state index contributed by atoms with van der Waals surface area (Å²) in [5, 5.41) is 0. The van der Waals surface area contributed by atoms with E-state index < -0.39 is 0 Å². The maximum Gasteiger partial charge on any atom is 0.272 e. The molecule has 0 spiro atoms. The average molecular weight is 334 g/mol. The molecule has 1 aromatic rings. The molecule has 2 saturated heterocycles. The predicted octanol–water partition coefficient (Wildman–Crippen LogP) is 4.38. The highest BCUT2D eigenvalue weighted by Gasteiger charge is 2.29. The summed E-state index contributed by atoms with van der Waals surface area (Å²) >= 11 is 0. The summed E-state index contributed by atoms with van der Waals surface area (Å²) in [5.74, 6) is 0.875. The third-order valence-electron chi connectivity index (χ3n) is 4.45. The molecule has 0 radical (unpaired) electrons. The standard InChI is InChI=1S/C16H23N3O.2C2H6/c1-12-10-19(11-12)13(2)14-6-5-7-15(17-14)16(20)18-8-3-4-9-18;2*1-2/h5-7,12-13H,3-4,8-11H2,1-2H3;2*1-2H3. The molecular formula is C20H35N3O. The van der Waals surface area contributed by atoms with E-state index in [1.165, 1.54) is 0 Å². The maximum absolute atomic E-state index is 12.4. The average Bonchev–Trinajstić information content (AvgIpc) is 3.16. The van der Waals surface area contributed by atoms with E-state index in [2.05, 4.69) is 23.7 Å². The summed E-state index contributed by atoms with van der Waals surface area (Å²) < 4.78 is 0. The zero-order valence-corrected chi connectivity index (χ0v) is 16.4. The fraction of sp³-hybridized carbons (Fsp3) is 0.700. The van der Waals surface area contributed by atoms with E-state index in [0.717, 1.165) is 50.6 Å². The van der Waals surface area contributed by atoms with Crippen molar-refractivity contribution in [3.05, 3.63) is 29.6 Å². The molecule has 0 aliphatic carbocycles. The van der Waals surface area contributed by atoms with Crippen LogP contribution in [0.3, 0.4) is 0 Å².